The van der Waals surface area contributed by atoms with Crippen molar-refractivity contribution in [2.75, 3.05) is 13.7 Å². The lowest BCUT2D eigenvalue weighted by molar-refractivity contribution is 0.155. The molecule has 5 rings (SSSR count). The summed E-state index contributed by atoms with van der Waals surface area (Å²) in [6.45, 7) is 16.0. The highest BCUT2D eigenvalue weighted by atomic mass is 16.5. The van der Waals surface area contributed by atoms with Crippen LogP contribution >= 0.6 is 0 Å². The molecule has 1 unspecified atom stereocenters. The summed E-state index contributed by atoms with van der Waals surface area (Å²) in [6, 6.07) is 13.6. The summed E-state index contributed by atoms with van der Waals surface area (Å²) in [4.78, 5) is 10.4. The van der Waals surface area contributed by atoms with E-state index in [-0.39, 0.29) is 6.04 Å². The van der Waals surface area contributed by atoms with Gasteiger partial charge in [0.25, 0.3) is 0 Å². The number of benzene rings is 2. The van der Waals surface area contributed by atoms with Gasteiger partial charge in [-0.2, -0.15) is 0 Å². The Morgan fingerprint density at radius 1 is 0.811 bits per heavy atom. The van der Waals surface area contributed by atoms with E-state index >= 15 is 0 Å². The van der Waals surface area contributed by atoms with Crippen LogP contribution in [0.15, 0.2) is 48.8 Å². The fourth-order valence-corrected chi connectivity index (χ4v) is 6.24. The van der Waals surface area contributed by atoms with Gasteiger partial charge in [-0.05, 0) is 87.9 Å². The second kappa shape index (κ2) is 9.75. The molecule has 0 spiro atoms. The van der Waals surface area contributed by atoms with Gasteiger partial charge in [0.1, 0.15) is 5.52 Å². The molecule has 0 saturated carbocycles. The first-order valence-corrected chi connectivity index (χ1v) is 13.2. The van der Waals surface area contributed by atoms with Crippen molar-refractivity contribution in [3.05, 3.63) is 82.2 Å². The van der Waals surface area contributed by atoms with E-state index < -0.39 is 0 Å². The Labute approximate surface area is 220 Å². The fourth-order valence-electron chi connectivity index (χ4n) is 6.24. The number of ether oxygens (including phenoxy) is 1. The third kappa shape index (κ3) is 4.23. The van der Waals surface area contributed by atoms with E-state index in [1.54, 1.807) is 7.11 Å². The summed E-state index contributed by atoms with van der Waals surface area (Å²) < 4.78 is 7.98. The highest BCUT2D eigenvalue weighted by Crippen LogP contribution is 2.41. The van der Waals surface area contributed by atoms with Gasteiger partial charge in [0.05, 0.1) is 29.4 Å². The highest BCUT2D eigenvalue weighted by molar-refractivity contribution is 6.12. The van der Waals surface area contributed by atoms with Crippen LogP contribution in [0, 0.1) is 41.5 Å². The first-order chi connectivity index (χ1) is 17.7. The molecule has 0 N–H and O–H groups in total. The average molecular weight is 492 g/mol. The average Bonchev–Trinajstić information content (AvgIpc) is 3.27. The molecule has 0 radical (unpaired) electrons. The molecule has 4 nitrogen and oxygen atoms in total. The molecule has 0 amide bonds. The zero-order valence-corrected chi connectivity index (χ0v) is 23.4. The molecule has 3 heterocycles. The van der Waals surface area contributed by atoms with Crippen LogP contribution in [-0.4, -0.2) is 28.3 Å². The first kappa shape index (κ1) is 25.2. The number of pyridine rings is 2. The topological polar surface area (TPSA) is 39.9 Å². The minimum atomic E-state index is 0.217. The lowest BCUT2D eigenvalue weighted by Gasteiger charge is -2.20. The molecule has 5 aromatic rings. The van der Waals surface area contributed by atoms with Gasteiger partial charge in [-0.15, -0.1) is 0 Å². The fraction of sp³-hybridized carbons (Fsp3) is 0.333. The Hall–Kier alpha value is -3.50. The van der Waals surface area contributed by atoms with Gasteiger partial charge in [0.15, 0.2) is 0 Å². The molecule has 0 aliphatic rings. The van der Waals surface area contributed by atoms with Crippen LogP contribution < -0.4 is 0 Å². The van der Waals surface area contributed by atoms with Gasteiger partial charge in [-0.25, -0.2) is 4.98 Å². The normalized spacial score (nSPS) is 12.5. The zero-order chi connectivity index (χ0) is 26.4. The minimum absolute atomic E-state index is 0.217. The summed E-state index contributed by atoms with van der Waals surface area (Å²) >= 11 is 0. The Balaban J connectivity index is 1.96. The number of fused-ring (bicyclic) bond motifs is 3. The summed E-state index contributed by atoms with van der Waals surface area (Å²) in [5.41, 5.74) is 15.2. The lowest BCUT2D eigenvalue weighted by atomic mass is 9.92. The molecule has 0 aliphatic carbocycles. The van der Waals surface area contributed by atoms with Crippen LogP contribution in [0.2, 0.25) is 0 Å². The number of hydrogen-bond acceptors (Lipinski definition) is 3. The maximum absolute atomic E-state index is 5.62. The molecule has 0 bridgehead atoms. The van der Waals surface area contributed by atoms with Crippen LogP contribution in [-0.2, 0) is 4.74 Å². The number of methoxy groups -OCH3 is 1. The molecule has 4 heteroatoms. The van der Waals surface area contributed by atoms with Crippen molar-refractivity contribution >= 4 is 21.9 Å². The molecule has 0 saturated heterocycles. The number of aromatic nitrogens is 3. The van der Waals surface area contributed by atoms with Crippen LogP contribution in [0.1, 0.15) is 52.8 Å². The van der Waals surface area contributed by atoms with Crippen molar-refractivity contribution in [2.24, 2.45) is 0 Å². The SMILES string of the molecule is CCC(COC)n1ccc2c(-c3c(C)cc(C)cc3C)nc3c(-c4c(C)cc(C)cc4C)ccnc3c21. The Bertz CT molecular complexity index is 1600. The van der Waals surface area contributed by atoms with E-state index in [1.165, 1.54) is 44.5 Å². The number of aryl methyl sites for hydroxylation is 6. The molecular formula is C33H37N3O. The number of nitrogens with zero attached hydrogens (tertiary/aromatic N) is 3. The standard InChI is InChI=1S/C33H37N3O/c1-9-25(18-37-8)36-13-11-27-30(29-23(6)16-20(3)17-24(29)7)35-31-26(10-12-34-32(31)33(27)36)28-21(4)14-19(2)15-22(28)5/h10-17,25H,9,18H2,1-8H3. The molecule has 0 fully saturated rings. The van der Waals surface area contributed by atoms with Crippen LogP contribution in [0.5, 0.6) is 0 Å². The van der Waals surface area contributed by atoms with Crippen LogP contribution in [0.4, 0.5) is 0 Å². The molecule has 37 heavy (non-hydrogen) atoms. The summed E-state index contributed by atoms with van der Waals surface area (Å²) in [5, 5.41) is 1.14. The van der Waals surface area contributed by atoms with Crippen molar-refractivity contribution in [1.82, 2.24) is 14.5 Å². The third-order valence-electron chi connectivity index (χ3n) is 7.63. The molecule has 3 aromatic heterocycles. The van der Waals surface area contributed by atoms with Crippen LogP contribution in [0.3, 0.4) is 0 Å². The Morgan fingerprint density at radius 2 is 1.41 bits per heavy atom. The van der Waals surface area contributed by atoms with Gasteiger partial charge < -0.3 is 9.30 Å². The van der Waals surface area contributed by atoms with E-state index in [2.05, 4.69) is 95.6 Å². The largest absolute Gasteiger partial charge is 0.383 e. The van der Waals surface area contributed by atoms with E-state index in [0.717, 1.165) is 39.6 Å². The number of hydrogen-bond donors (Lipinski definition) is 0. The second-order valence-electron chi connectivity index (χ2n) is 10.6. The van der Waals surface area contributed by atoms with E-state index in [1.807, 2.05) is 6.20 Å². The predicted octanol–water partition coefficient (Wildman–Crippen LogP) is 8.37. The van der Waals surface area contributed by atoms with Crippen molar-refractivity contribution in [3.8, 4) is 22.4 Å². The maximum atomic E-state index is 5.62. The predicted molar refractivity (Wildman–Crippen MR) is 156 cm³/mol. The van der Waals surface area contributed by atoms with Gasteiger partial charge in [-0.3, -0.25) is 4.98 Å². The van der Waals surface area contributed by atoms with Crippen molar-refractivity contribution in [2.45, 2.75) is 60.9 Å². The molecular weight excluding hydrogens is 454 g/mol. The molecule has 0 aliphatic heterocycles. The van der Waals surface area contributed by atoms with Crippen molar-refractivity contribution in [1.29, 1.82) is 0 Å². The number of rotatable bonds is 6. The molecule has 1 atom stereocenters. The molecule has 2 aromatic carbocycles. The lowest BCUT2D eigenvalue weighted by Crippen LogP contribution is -2.13. The molecule has 190 valence electrons. The quantitative estimate of drug-likeness (QED) is 0.239. The van der Waals surface area contributed by atoms with Crippen molar-refractivity contribution < 1.29 is 4.74 Å². The van der Waals surface area contributed by atoms with Crippen LogP contribution in [0.25, 0.3) is 44.3 Å². The Kier molecular flexibility index (Phi) is 6.63. The zero-order valence-electron chi connectivity index (χ0n) is 23.4. The van der Waals surface area contributed by atoms with Gasteiger partial charge in [0, 0.05) is 36.0 Å². The summed E-state index contributed by atoms with van der Waals surface area (Å²) in [7, 11) is 1.78. The monoisotopic (exact) mass is 491 g/mol. The second-order valence-corrected chi connectivity index (χ2v) is 10.6. The Morgan fingerprint density at radius 3 is 1.97 bits per heavy atom. The summed E-state index contributed by atoms with van der Waals surface area (Å²) in [5.74, 6) is 0. The van der Waals surface area contributed by atoms with Crippen molar-refractivity contribution in [3.63, 3.8) is 0 Å². The van der Waals surface area contributed by atoms with Gasteiger partial charge >= 0.3 is 0 Å². The third-order valence-corrected chi connectivity index (χ3v) is 7.63. The smallest absolute Gasteiger partial charge is 0.114 e. The van der Waals surface area contributed by atoms with Gasteiger partial charge in [0.2, 0.25) is 0 Å². The van der Waals surface area contributed by atoms with Gasteiger partial charge in [-0.1, -0.05) is 42.3 Å². The highest BCUT2D eigenvalue weighted by Gasteiger charge is 2.23. The van der Waals surface area contributed by atoms with E-state index in [9.17, 15) is 0 Å². The minimum Gasteiger partial charge on any atom is -0.383 e. The van der Waals surface area contributed by atoms with E-state index in [4.69, 9.17) is 14.7 Å². The first-order valence-electron chi connectivity index (χ1n) is 13.2. The summed E-state index contributed by atoms with van der Waals surface area (Å²) in [6.07, 6.45) is 5.10. The maximum Gasteiger partial charge on any atom is 0.114 e. The van der Waals surface area contributed by atoms with E-state index in [0.29, 0.717) is 6.61 Å².